The van der Waals surface area contributed by atoms with E-state index in [4.69, 9.17) is 6.57 Å². The van der Waals surface area contributed by atoms with E-state index in [1.165, 1.54) is 0 Å². The number of hydrogen-bond acceptors (Lipinski definition) is 0. The molecule has 7 heteroatoms. The standard InChI is InChI=1S/C10H5F6N/c1-5-7(10(14,15)16)3-6(9(11,12)13)4-8(5)17-2/h3-4H,1H3. The van der Waals surface area contributed by atoms with E-state index in [2.05, 4.69) is 4.85 Å². The van der Waals surface area contributed by atoms with Crippen molar-refractivity contribution in [3.05, 3.63) is 40.2 Å². The highest BCUT2D eigenvalue weighted by molar-refractivity contribution is 5.58. The minimum absolute atomic E-state index is 0.0179. The van der Waals surface area contributed by atoms with Gasteiger partial charge in [-0.3, -0.25) is 0 Å². The summed E-state index contributed by atoms with van der Waals surface area (Å²) in [6.45, 7) is 7.55. The van der Waals surface area contributed by atoms with E-state index in [0.717, 1.165) is 6.92 Å². The van der Waals surface area contributed by atoms with E-state index in [0.29, 0.717) is 6.07 Å². The molecule has 0 saturated carbocycles. The fourth-order valence-corrected chi connectivity index (χ4v) is 1.27. The molecule has 0 aromatic heterocycles. The zero-order valence-corrected chi connectivity index (χ0v) is 8.37. The van der Waals surface area contributed by atoms with Crippen LogP contribution in [0.1, 0.15) is 16.7 Å². The Hall–Kier alpha value is -1.71. The van der Waals surface area contributed by atoms with E-state index >= 15 is 0 Å². The Balaban J connectivity index is 3.58. The zero-order valence-electron chi connectivity index (χ0n) is 8.37. The fourth-order valence-electron chi connectivity index (χ4n) is 1.27. The molecule has 0 unspecified atom stereocenters. The number of hydrogen-bond donors (Lipinski definition) is 0. The maximum Gasteiger partial charge on any atom is 0.415 e. The summed E-state index contributed by atoms with van der Waals surface area (Å²) < 4.78 is 74.4. The molecule has 0 atom stereocenters. The van der Waals surface area contributed by atoms with Gasteiger partial charge in [-0.25, -0.2) is 4.85 Å². The van der Waals surface area contributed by atoms with Gasteiger partial charge in [-0.1, -0.05) is 0 Å². The van der Waals surface area contributed by atoms with Crippen molar-refractivity contribution in [2.24, 2.45) is 0 Å². The first-order valence-electron chi connectivity index (χ1n) is 4.24. The van der Waals surface area contributed by atoms with Crippen molar-refractivity contribution < 1.29 is 26.3 Å². The second kappa shape index (κ2) is 3.95. The van der Waals surface area contributed by atoms with Crippen LogP contribution in [0.5, 0.6) is 0 Å². The van der Waals surface area contributed by atoms with Crippen LogP contribution in [0, 0.1) is 13.5 Å². The van der Waals surface area contributed by atoms with Gasteiger partial charge < -0.3 is 0 Å². The largest absolute Gasteiger partial charge is 0.415 e. The van der Waals surface area contributed by atoms with Crippen LogP contribution in [0.15, 0.2) is 12.1 Å². The highest BCUT2D eigenvalue weighted by Gasteiger charge is 2.38. The van der Waals surface area contributed by atoms with Crippen molar-refractivity contribution in [3.8, 4) is 0 Å². The molecule has 0 aliphatic heterocycles. The van der Waals surface area contributed by atoms with Gasteiger partial charge in [-0.15, -0.1) is 0 Å². The molecule has 0 bridgehead atoms. The Labute approximate surface area is 92.5 Å². The summed E-state index contributed by atoms with van der Waals surface area (Å²) in [5, 5.41) is 0. The van der Waals surface area contributed by atoms with Crippen LogP contribution in [0.2, 0.25) is 0 Å². The second-order valence-corrected chi connectivity index (χ2v) is 3.28. The third-order valence-corrected chi connectivity index (χ3v) is 2.13. The lowest BCUT2D eigenvalue weighted by molar-refractivity contribution is -0.143. The van der Waals surface area contributed by atoms with Gasteiger partial charge in [0, 0.05) is 11.1 Å². The quantitative estimate of drug-likeness (QED) is 0.470. The second-order valence-electron chi connectivity index (χ2n) is 3.28. The molecule has 0 saturated heterocycles. The number of alkyl halides is 6. The maximum atomic E-state index is 12.5. The Morgan fingerprint density at radius 3 is 1.88 bits per heavy atom. The molecule has 0 aliphatic rings. The number of nitrogens with zero attached hydrogens (tertiary/aromatic N) is 1. The maximum absolute atomic E-state index is 12.5. The van der Waals surface area contributed by atoms with Crippen LogP contribution in [-0.4, -0.2) is 0 Å². The first-order valence-corrected chi connectivity index (χ1v) is 4.24. The average Bonchev–Trinajstić information content (AvgIpc) is 2.14. The highest BCUT2D eigenvalue weighted by Crippen LogP contribution is 2.40. The van der Waals surface area contributed by atoms with Crippen LogP contribution in [-0.2, 0) is 12.4 Å². The molecule has 0 amide bonds. The molecule has 92 valence electrons. The molecular formula is C10H5F6N. The zero-order chi connectivity index (χ0) is 13.4. The van der Waals surface area contributed by atoms with Gasteiger partial charge in [-0.2, -0.15) is 26.3 Å². The predicted octanol–water partition coefficient (Wildman–Crippen LogP) is 4.58. The third-order valence-electron chi connectivity index (χ3n) is 2.13. The summed E-state index contributed by atoms with van der Waals surface area (Å²) in [6, 6.07) is 0.432. The Morgan fingerprint density at radius 1 is 1.00 bits per heavy atom. The van der Waals surface area contributed by atoms with Gasteiger partial charge >= 0.3 is 12.4 Å². The molecule has 0 radical (unpaired) electrons. The number of rotatable bonds is 0. The minimum atomic E-state index is -4.91. The normalized spacial score (nSPS) is 12.4. The lowest BCUT2D eigenvalue weighted by Crippen LogP contribution is -2.12. The van der Waals surface area contributed by atoms with Crippen LogP contribution >= 0.6 is 0 Å². The minimum Gasteiger partial charge on any atom is -0.238 e. The first-order chi connectivity index (χ1) is 7.57. The van der Waals surface area contributed by atoms with Crippen LogP contribution in [0.3, 0.4) is 0 Å². The van der Waals surface area contributed by atoms with Gasteiger partial charge in [0.25, 0.3) is 0 Å². The molecule has 1 rings (SSSR count). The SMILES string of the molecule is [C-]#[N+]c1cc(C(F)(F)F)cc(C(F)(F)F)c1C. The summed E-state index contributed by atoms with van der Waals surface area (Å²) in [6.07, 6.45) is -9.82. The van der Waals surface area contributed by atoms with Crippen molar-refractivity contribution in [1.82, 2.24) is 0 Å². The molecule has 0 aliphatic carbocycles. The van der Waals surface area contributed by atoms with E-state index in [1.807, 2.05) is 0 Å². The van der Waals surface area contributed by atoms with Crippen molar-refractivity contribution >= 4 is 5.69 Å². The fraction of sp³-hybridized carbons (Fsp3) is 0.300. The third kappa shape index (κ3) is 2.70. The summed E-state index contributed by atoms with van der Waals surface area (Å²) in [4.78, 5) is 2.67. The molecule has 0 heterocycles. The predicted molar refractivity (Wildman–Crippen MR) is 47.4 cm³/mol. The summed E-state index contributed by atoms with van der Waals surface area (Å²) >= 11 is 0. The van der Waals surface area contributed by atoms with Crippen molar-refractivity contribution in [2.45, 2.75) is 19.3 Å². The van der Waals surface area contributed by atoms with E-state index < -0.39 is 34.7 Å². The molecule has 0 N–H and O–H groups in total. The monoisotopic (exact) mass is 253 g/mol. The topological polar surface area (TPSA) is 4.36 Å². The average molecular weight is 253 g/mol. The lowest BCUT2D eigenvalue weighted by atomic mass is 10.0. The number of halogens is 6. The van der Waals surface area contributed by atoms with Gasteiger partial charge in [0.15, 0.2) is 5.69 Å². The highest BCUT2D eigenvalue weighted by atomic mass is 19.4. The summed E-state index contributed by atoms with van der Waals surface area (Å²) in [5.74, 6) is 0. The molecule has 0 fully saturated rings. The molecule has 0 spiro atoms. The van der Waals surface area contributed by atoms with Gasteiger partial charge in [0.2, 0.25) is 0 Å². The Morgan fingerprint density at radius 2 is 1.53 bits per heavy atom. The van der Waals surface area contributed by atoms with E-state index in [1.54, 1.807) is 0 Å². The lowest BCUT2D eigenvalue weighted by Gasteiger charge is -2.15. The van der Waals surface area contributed by atoms with E-state index in [-0.39, 0.29) is 6.07 Å². The Kier molecular flexibility index (Phi) is 3.10. The van der Waals surface area contributed by atoms with Crippen LogP contribution in [0.4, 0.5) is 32.0 Å². The molecular weight excluding hydrogens is 248 g/mol. The van der Waals surface area contributed by atoms with Crippen molar-refractivity contribution in [1.29, 1.82) is 0 Å². The van der Waals surface area contributed by atoms with Gasteiger partial charge in [-0.05, 0) is 24.6 Å². The van der Waals surface area contributed by atoms with E-state index in [9.17, 15) is 26.3 Å². The summed E-state index contributed by atoms with van der Waals surface area (Å²) in [5.41, 5.74) is -4.05. The van der Waals surface area contributed by atoms with Crippen LogP contribution < -0.4 is 0 Å². The summed E-state index contributed by atoms with van der Waals surface area (Å²) in [7, 11) is 0. The van der Waals surface area contributed by atoms with Crippen molar-refractivity contribution in [2.75, 3.05) is 0 Å². The smallest absolute Gasteiger partial charge is 0.238 e. The molecule has 17 heavy (non-hydrogen) atoms. The first kappa shape index (κ1) is 13.4. The molecule has 1 aromatic rings. The molecule has 1 aromatic carbocycles. The van der Waals surface area contributed by atoms with Gasteiger partial charge in [0.1, 0.15) is 0 Å². The molecule has 1 nitrogen and oxygen atoms in total. The van der Waals surface area contributed by atoms with Crippen LogP contribution in [0.25, 0.3) is 4.85 Å². The van der Waals surface area contributed by atoms with Gasteiger partial charge in [0.05, 0.1) is 6.57 Å². The number of benzene rings is 1. The Bertz CT molecular complexity index is 477. The van der Waals surface area contributed by atoms with Crippen molar-refractivity contribution in [3.63, 3.8) is 0 Å².